The molecule has 0 fully saturated rings. The van der Waals surface area contributed by atoms with Gasteiger partial charge >= 0.3 is 0 Å². The maximum atomic E-state index is 7.45. The topological polar surface area (TPSA) is 12.9 Å². The smallest absolute Gasteiger partial charge is 0.0652 e. The van der Waals surface area contributed by atoms with Crippen molar-refractivity contribution in [2.45, 2.75) is 26.2 Å². The van der Waals surface area contributed by atoms with Crippen LogP contribution in [0.3, 0.4) is 0 Å². The molecule has 0 aliphatic rings. The molecule has 0 atom stereocenters. The minimum absolute atomic E-state index is 0.0249. The Hall–Kier alpha value is -0.370. The Morgan fingerprint density at radius 1 is 1.67 bits per heavy atom. The fourth-order valence-electron chi connectivity index (χ4n) is 0.541. The fraction of sp³-hybridized carbons (Fsp3) is 0.571. The van der Waals surface area contributed by atoms with Crippen molar-refractivity contribution in [2.24, 2.45) is 0 Å². The monoisotopic (exact) mass is 142 g/mol. The van der Waals surface area contributed by atoms with Crippen LogP contribution in [0.25, 0.3) is 0 Å². The van der Waals surface area contributed by atoms with Gasteiger partial charge < -0.3 is 0 Å². The van der Waals surface area contributed by atoms with E-state index in [1.165, 1.54) is 11.5 Å². The molecule has 0 aliphatic carbocycles. The second-order valence-electron chi connectivity index (χ2n) is 3.06. The molecule has 0 amide bonds. The number of aromatic nitrogens is 1. The Balaban J connectivity index is 3.05. The summed E-state index contributed by atoms with van der Waals surface area (Å²) in [5.41, 5.74) is 0.925. The van der Waals surface area contributed by atoms with E-state index in [0.717, 1.165) is 5.69 Å². The molecule has 1 rings (SSSR count). The van der Waals surface area contributed by atoms with Gasteiger partial charge in [0.15, 0.2) is 0 Å². The summed E-state index contributed by atoms with van der Waals surface area (Å²) in [6, 6.07) is 0.567. The highest BCUT2D eigenvalue weighted by Crippen LogP contribution is 2.20. The van der Waals surface area contributed by atoms with Crippen LogP contribution in [0.5, 0.6) is 0 Å². The van der Waals surface area contributed by atoms with E-state index in [1.807, 2.05) is 0 Å². The quantitative estimate of drug-likeness (QED) is 0.542. The number of rotatable bonds is 0. The summed E-state index contributed by atoms with van der Waals surface area (Å²) in [5.74, 6) is 0. The molecule has 0 radical (unpaired) electrons. The lowest BCUT2D eigenvalue weighted by atomic mass is 9.93. The van der Waals surface area contributed by atoms with E-state index in [1.54, 1.807) is 5.38 Å². The second kappa shape index (κ2) is 2.10. The van der Waals surface area contributed by atoms with Gasteiger partial charge in [-0.2, -0.15) is 4.37 Å². The van der Waals surface area contributed by atoms with Gasteiger partial charge in [0.2, 0.25) is 0 Å². The molecule has 2 heteroatoms. The third-order valence-corrected chi connectivity index (χ3v) is 1.61. The van der Waals surface area contributed by atoms with Crippen molar-refractivity contribution >= 4 is 11.5 Å². The summed E-state index contributed by atoms with van der Waals surface area (Å²) in [7, 11) is 0. The third kappa shape index (κ3) is 1.52. The Morgan fingerprint density at radius 3 is 2.56 bits per heavy atom. The lowest BCUT2D eigenvalue weighted by molar-refractivity contribution is 0.576. The minimum Gasteiger partial charge on any atom is -0.197 e. The molecule has 1 aromatic rings. The highest BCUT2D eigenvalue weighted by molar-refractivity contribution is 7.03. The Labute approximate surface area is 61.3 Å². The van der Waals surface area contributed by atoms with Crippen LogP contribution in [-0.2, 0) is 5.41 Å². The molecule has 0 aliphatic heterocycles. The average Bonchev–Trinajstić information content (AvgIpc) is 2.11. The molecule has 0 saturated carbocycles. The maximum Gasteiger partial charge on any atom is 0.0652 e. The van der Waals surface area contributed by atoms with Crippen molar-refractivity contribution in [3.8, 4) is 0 Å². The summed E-state index contributed by atoms with van der Waals surface area (Å²) >= 11 is 1.36. The molecule has 0 saturated heterocycles. The van der Waals surface area contributed by atoms with E-state index >= 15 is 0 Å². The standard InChI is InChI=1S/C7H11NS/c1-7(2,3)6-4-5-9-8-6/h4-5H,1-3H3/i4D. The normalized spacial score (nSPS) is 13.4. The van der Waals surface area contributed by atoms with Crippen LogP contribution in [0, 0.1) is 0 Å². The predicted octanol–water partition coefficient (Wildman–Crippen LogP) is 2.44. The van der Waals surface area contributed by atoms with Crippen LogP contribution in [0.1, 0.15) is 27.8 Å². The zero-order valence-electron chi connectivity index (χ0n) is 6.93. The zero-order chi connectivity index (χ0) is 7.78. The van der Waals surface area contributed by atoms with Gasteiger partial charge in [-0.25, -0.2) is 0 Å². The Kier molecular flexibility index (Phi) is 1.27. The molecule has 0 spiro atoms. The third-order valence-electron chi connectivity index (χ3n) is 1.10. The summed E-state index contributed by atoms with van der Waals surface area (Å²) in [6.45, 7) is 6.21. The molecule has 1 heterocycles. The second-order valence-corrected chi connectivity index (χ2v) is 3.69. The first-order valence-corrected chi connectivity index (χ1v) is 3.77. The minimum atomic E-state index is 0.0249. The lowest BCUT2D eigenvalue weighted by Gasteiger charge is -2.13. The molecule has 0 unspecified atom stereocenters. The predicted molar refractivity (Wildman–Crippen MR) is 40.8 cm³/mol. The maximum absolute atomic E-state index is 7.45. The van der Waals surface area contributed by atoms with Crippen LogP contribution in [0.2, 0.25) is 0 Å². The molecule has 0 bridgehead atoms. The van der Waals surface area contributed by atoms with Gasteiger partial charge in [0.1, 0.15) is 0 Å². The van der Waals surface area contributed by atoms with Gasteiger partial charge in [0.05, 0.1) is 7.06 Å². The molecule has 50 valence electrons. The van der Waals surface area contributed by atoms with Gasteiger partial charge in [-0.05, 0) is 17.6 Å². The first-order chi connectivity index (χ1) is 4.52. The fourth-order valence-corrected chi connectivity index (χ4v) is 1.19. The molecular weight excluding hydrogens is 130 g/mol. The van der Waals surface area contributed by atoms with E-state index in [0.29, 0.717) is 6.04 Å². The zero-order valence-corrected chi connectivity index (χ0v) is 6.75. The van der Waals surface area contributed by atoms with Crippen LogP contribution in [-0.4, -0.2) is 4.37 Å². The lowest BCUT2D eigenvalue weighted by Crippen LogP contribution is -2.10. The highest BCUT2D eigenvalue weighted by atomic mass is 32.1. The molecule has 1 aromatic heterocycles. The van der Waals surface area contributed by atoms with Crippen LogP contribution >= 0.6 is 11.5 Å². The van der Waals surface area contributed by atoms with E-state index in [4.69, 9.17) is 1.37 Å². The van der Waals surface area contributed by atoms with Crippen molar-refractivity contribution in [1.29, 1.82) is 0 Å². The summed E-state index contributed by atoms with van der Waals surface area (Å²) in [5, 5.41) is 1.76. The first-order valence-electron chi connectivity index (χ1n) is 3.43. The Morgan fingerprint density at radius 2 is 2.33 bits per heavy atom. The first kappa shape index (κ1) is 5.42. The van der Waals surface area contributed by atoms with Crippen LogP contribution in [0.15, 0.2) is 11.4 Å². The molecule has 0 N–H and O–H groups in total. The van der Waals surface area contributed by atoms with E-state index in [9.17, 15) is 0 Å². The number of nitrogens with zero attached hydrogens (tertiary/aromatic N) is 1. The van der Waals surface area contributed by atoms with Gasteiger partial charge in [-0.3, -0.25) is 0 Å². The SMILES string of the molecule is [2H]c1csnc1C(C)(C)C. The van der Waals surface area contributed by atoms with Crippen molar-refractivity contribution in [3.63, 3.8) is 0 Å². The van der Waals surface area contributed by atoms with Crippen LogP contribution in [0.4, 0.5) is 0 Å². The molecular formula is C7H11NS. The summed E-state index contributed by atoms with van der Waals surface area (Å²) < 4.78 is 11.6. The van der Waals surface area contributed by atoms with Crippen molar-refractivity contribution in [2.75, 3.05) is 0 Å². The van der Waals surface area contributed by atoms with Gasteiger partial charge in [0, 0.05) is 10.8 Å². The van der Waals surface area contributed by atoms with Crippen molar-refractivity contribution in [1.82, 2.24) is 4.37 Å². The van der Waals surface area contributed by atoms with Gasteiger partial charge in [-0.1, -0.05) is 20.8 Å². The molecule has 9 heavy (non-hydrogen) atoms. The largest absolute Gasteiger partial charge is 0.197 e. The van der Waals surface area contributed by atoms with Crippen LogP contribution < -0.4 is 0 Å². The Bertz CT molecular complexity index is 224. The van der Waals surface area contributed by atoms with E-state index < -0.39 is 0 Å². The summed E-state index contributed by atoms with van der Waals surface area (Å²) in [4.78, 5) is 0. The van der Waals surface area contributed by atoms with Crippen molar-refractivity contribution in [3.05, 3.63) is 17.1 Å². The molecule has 0 aromatic carbocycles. The van der Waals surface area contributed by atoms with Gasteiger partial charge in [-0.15, -0.1) is 0 Å². The highest BCUT2D eigenvalue weighted by Gasteiger charge is 2.14. The number of hydrogen-bond donors (Lipinski definition) is 0. The van der Waals surface area contributed by atoms with E-state index in [2.05, 4.69) is 25.1 Å². The molecule has 1 nitrogen and oxygen atoms in total. The van der Waals surface area contributed by atoms with Crippen molar-refractivity contribution < 1.29 is 1.37 Å². The van der Waals surface area contributed by atoms with E-state index in [-0.39, 0.29) is 5.41 Å². The van der Waals surface area contributed by atoms with Gasteiger partial charge in [0.25, 0.3) is 0 Å². The number of hydrogen-bond acceptors (Lipinski definition) is 2. The summed E-state index contributed by atoms with van der Waals surface area (Å²) in [6.07, 6.45) is 0. The average molecular weight is 142 g/mol.